The largest absolute Gasteiger partial charge is 0.459 e. The van der Waals surface area contributed by atoms with Crippen molar-refractivity contribution in [3.63, 3.8) is 0 Å². The molecule has 2 fully saturated rings. The molecular weight excluding hydrogens is 318 g/mol. The van der Waals surface area contributed by atoms with Crippen LogP contribution in [0.25, 0.3) is 0 Å². The lowest BCUT2D eigenvalue weighted by atomic mass is 9.76. The van der Waals surface area contributed by atoms with Crippen LogP contribution in [0.1, 0.15) is 64.7 Å². The maximum absolute atomic E-state index is 12.6. The highest BCUT2D eigenvalue weighted by atomic mass is 16.7. The minimum Gasteiger partial charge on any atom is -0.459 e. The van der Waals surface area contributed by atoms with Gasteiger partial charge in [0.2, 0.25) is 6.29 Å². The molecule has 2 aliphatic carbocycles. The monoisotopic (exact) mass is 351 g/mol. The zero-order chi connectivity index (χ0) is 17.6. The molecule has 3 aliphatic rings. The summed E-state index contributed by atoms with van der Waals surface area (Å²) in [5.41, 5.74) is 0. The fraction of sp³-hybridized carbons (Fsp3) is 0.850. The maximum Gasteiger partial charge on any atom is 0.286 e. The van der Waals surface area contributed by atoms with E-state index < -0.39 is 0 Å². The molecule has 0 unspecified atom stereocenters. The van der Waals surface area contributed by atoms with Crippen LogP contribution in [-0.4, -0.2) is 36.6 Å². The fourth-order valence-corrected chi connectivity index (χ4v) is 4.48. The van der Waals surface area contributed by atoms with Crippen molar-refractivity contribution >= 4 is 5.91 Å². The Morgan fingerprint density at radius 3 is 2.64 bits per heavy atom. The second-order valence-corrected chi connectivity index (χ2v) is 7.73. The summed E-state index contributed by atoms with van der Waals surface area (Å²) in [6.45, 7) is 2.71. The summed E-state index contributed by atoms with van der Waals surface area (Å²) < 4.78 is 11.9. The zero-order valence-corrected chi connectivity index (χ0v) is 15.4. The Kier molecular flexibility index (Phi) is 6.77. The number of allylic oxidation sites excluding steroid dienone is 1. The van der Waals surface area contributed by atoms with Gasteiger partial charge < -0.3 is 19.9 Å². The van der Waals surface area contributed by atoms with E-state index >= 15 is 0 Å². The average molecular weight is 351 g/mol. The molecule has 2 N–H and O–H groups in total. The lowest BCUT2D eigenvalue weighted by Crippen LogP contribution is -2.45. The van der Waals surface area contributed by atoms with Gasteiger partial charge in [-0.2, -0.15) is 0 Å². The van der Waals surface area contributed by atoms with Crippen LogP contribution in [0.5, 0.6) is 0 Å². The van der Waals surface area contributed by atoms with Crippen LogP contribution >= 0.6 is 0 Å². The van der Waals surface area contributed by atoms with Gasteiger partial charge in [-0.05, 0) is 69.8 Å². The molecule has 25 heavy (non-hydrogen) atoms. The molecular formula is C20H33NO4. The quantitative estimate of drug-likeness (QED) is 0.705. The van der Waals surface area contributed by atoms with Crippen molar-refractivity contribution in [1.29, 1.82) is 0 Å². The summed E-state index contributed by atoms with van der Waals surface area (Å²) in [6.07, 6.45) is 11.6. The molecule has 3 atom stereocenters. The molecule has 5 heteroatoms. The topological polar surface area (TPSA) is 67.8 Å². The van der Waals surface area contributed by atoms with Crippen LogP contribution in [0, 0.1) is 17.8 Å². The number of hydrogen-bond acceptors (Lipinski definition) is 4. The van der Waals surface area contributed by atoms with E-state index in [0.29, 0.717) is 30.2 Å². The number of hydrogen-bond donors (Lipinski definition) is 2. The van der Waals surface area contributed by atoms with Crippen molar-refractivity contribution in [3.05, 3.63) is 11.8 Å². The van der Waals surface area contributed by atoms with E-state index in [-0.39, 0.29) is 24.7 Å². The average Bonchev–Trinajstić information content (AvgIpc) is 3.11. The lowest BCUT2D eigenvalue weighted by Gasteiger charge is -2.39. The van der Waals surface area contributed by atoms with Gasteiger partial charge in [-0.3, -0.25) is 4.79 Å². The highest BCUT2D eigenvalue weighted by molar-refractivity contribution is 5.91. The smallest absolute Gasteiger partial charge is 0.286 e. The van der Waals surface area contributed by atoms with Gasteiger partial charge in [-0.15, -0.1) is 0 Å². The van der Waals surface area contributed by atoms with Crippen molar-refractivity contribution in [2.45, 2.75) is 77.0 Å². The van der Waals surface area contributed by atoms with Gasteiger partial charge in [0.15, 0.2) is 5.76 Å². The Hall–Kier alpha value is -1.07. The van der Waals surface area contributed by atoms with Crippen molar-refractivity contribution < 1.29 is 19.4 Å². The molecule has 0 aromatic carbocycles. The Bertz CT molecular complexity index is 468. The van der Waals surface area contributed by atoms with Crippen molar-refractivity contribution in [1.82, 2.24) is 5.32 Å². The van der Waals surface area contributed by atoms with E-state index in [0.717, 1.165) is 25.7 Å². The summed E-state index contributed by atoms with van der Waals surface area (Å²) in [6, 6.07) is 0.305. The van der Waals surface area contributed by atoms with E-state index in [1.807, 2.05) is 6.92 Å². The molecule has 0 spiro atoms. The minimum absolute atomic E-state index is 0.0852. The number of aliphatic hydroxyl groups excluding tert-OH is 1. The first-order valence-corrected chi connectivity index (χ1v) is 10.1. The van der Waals surface area contributed by atoms with Gasteiger partial charge in [-0.1, -0.05) is 12.8 Å². The first kappa shape index (κ1) is 18.7. The molecule has 1 heterocycles. The molecule has 142 valence electrons. The number of aliphatic hydroxyl groups is 1. The third-order valence-corrected chi connectivity index (χ3v) is 6.07. The van der Waals surface area contributed by atoms with Crippen molar-refractivity contribution in [2.75, 3.05) is 13.2 Å². The van der Waals surface area contributed by atoms with Gasteiger partial charge in [0, 0.05) is 25.2 Å². The fourth-order valence-electron chi connectivity index (χ4n) is 4.48. The summed E-state index contributed by atoms with van der Waals surface area (Å²) in [7, 11) is 0. The highest BCUT2D eigenvalue weighted by Gasteiger charge is 2.41. The first-order valence-electron chi connectivity index (χ1n) is 10.1. The summed E-state index contributed by atoms with van der Waals surface area (Å²) >= 11 is 0. The van der Waals surface area contributed by atoms with Gasteiger partial charge in [0.25, 0.3) is 5.91 Å². The Morgan fingerprint density at radius 2 is 2.04 bits per heavy atom. The lowest BCUT2D eigenvalue weighted by molar-refractivity contribution is -0.176. The molecule has 0 radical (unpaired) electrons. The standard InChI is InChI=1S/C20H33NO4/c1-2-24-20-16(11-6-12-22)17(14-7-3-4-8-14)13-18(25-20)19(23)21-15-9-5-10-15/h13-17,20,22H,2-12H2,1H3,(H,21,23)/t16-,17+,20+/m1/s1. The van der Waals surface area contributed by atoms with Gasteiger partial charge in [0.1, 0.15) is 0 Å². The SMILES string of the molecule is CCO[C@H]1OC(C(=O)NC2CCC2)=C[C@@H](C2CCCC2)[C@H]1CCCO. The zero-order valence-electron chi connectivity index (χ0n) is 15.4. The predicted molar refractivity (Wildman–Crippen MR) is 95.6 cm³/mol. The highest BCUT2D eigenvalue weighted by Crippen LogP contribution is 2.43. The van der Waals surface area contributed by atoms with Crippen molar-refractivity contribution in [2.24, 2.45) is 17.8 Å². The Labute approximate surface area is 151 Å². The van der Waals surface area contributed by atoms with Crippen LogP contribution in [0.4, 0.5) is 0 Å². The molecule has 1 aliphatic heterocycles. The second-order valence-electron chi connectivity index (χ2n) is 7.73. The van der Waals surface area contributed by atoms with Gasteiger partial charge >= 0.3 is 0 Å². The number of carbonyl (C=O) groups is 1. The van der Waals surface area contributed by atoms with E-state index in [4.69, 9.17) is 9.47 Å². The van der Waals surface area contributed by atoms with Crippen LogP contribution < -0.4 is 5.32 Å². The number of rotatable bonds is 8. The molecule has 1 amide bonds. The summed E-state index contributed by atoms with van der Waals surface area (Å²) in [5.74, 6) is 1.49. The Balaban J connectivity index is 1.77. The predicted octanol–water partition coefficient (Wildman–Crippen LogP) is 3.13. The van der Waals surface area contributed by atoms with E-state index in [1.54, 1.807) is 0 Å². The third kappa shape index (κ3) is 4.56. The van der Waals surface area contributed by atoms with Crippen LogP contribution in [0.3, 0.4) is 0 Å². The molecule has 0 bridgehead atoms. The molecule has 0 saturated heterocycles. The van der Waals surface area contributed by atoms with E-state index in [1.165, 1.54) is 32.1 Å². The van der Waals surface area contributed by atoms with Crippen molar-refractivity contribution in [3.8, 4) is 0 Å². The molecule has 0 aromatic heterocycles. The first-order chi connectivity index (χ1) is 12.2. The maximum atomic E-state index is 12.6. The number of nitrogens with one attached hydrogen (secondary N) is 1. The molecule has 2 saturated carbocycles. The second kappa shape index (κ2) is 9.04. The third-order valence-electron chi connectivity index (χ3n) is 6.07. The molecule has 3 rings (SSSR count). The van der Waals surface area contributed by atoms with Gasteiger partial charge in [0.05, 0.1) is 0 Å². The number of ether oxygens (including phenoxy) is 2. The van der Waals surface area contributed by atoms with Crippen LogP contribution in [-0.2, 0) is 14.3 Å². The van der Waals surface area contributed by atoms with Crippen LogP contribution in [0.2, 0.25) is 0 Å². The van der Waals surface area contributed by atoms with Gasteiger partial charge in [-0.25, -0.2) is 0 Å². The molecule has 0 aromatic rings. The summed E-state index contributed by atoms with van der Waals surface area (Å²) in [5, 5.41) is 12.4. The molecule has 5 nitrogen and oxygen atoms in total. The van der Waals surface area contributed by atoms with E-state index in [2.05, 4.69) is 11.4 Å². The number of amides is 1. The number of carbonyl (C=O) groups excluding carboxylic acids is 1. The Morgan fingerprint density at radius 1 is 1.28 bits per heavy atom. The minimum atomic E-state index is -0.380. The van der Waals surface area contributed by atoms with E-state index in [9.17, 15) is 9.90 Å². The van der Waals surface area contributed by atoms with Crippen LogP contribution in [0.15, 0.2) is 11.8 Å². The summed E-state index contributed by atoms with van der Waals surface area (Å²) in [4.78, 5) is 12.6. The normalized spacial score (nSPS) is 30.5.